The lowest BCUT2D eigenvalue weighted by Gasteiger charge is -2.15. The molecule has 0 bridgehead atoms. The van der Waals surface area contributed by atoms with Crippen LogP contribution in [0.4, 0.5) is 4.39 Å². The molecular weight excluding hydrogens is 357 g/mol. The van der Waals surface area contributed by atoms with Gasteiger partial charge in [0.25, 0.3) is 0 Å². The van der Waals surface area contributed by atoms with Crippen molar-refractivity contribution in [3.8, 4) is 11.5 Å². The molecule has 2 aromatic carbocycles. The van der Waals surface area contributed by atoms with Crippen LogP contribution < -0.4 is 10.5 Å². The van der Waals surface area contributed by atoms with Crippen LogP contribution in [0.3, 0.4) is 0 Å². The van der Waals surface area contributed by atoms with Gasteiger partial charge in [0, 0.05) is 16.6 Å². The molecule has 5 heteroatoms. The van der Waals surface area contributed by atoms with E-state index in [0.29, 0.717) is 17.9 Å². The van der Waals surface area contributed by atoms with Crippen LogP contribution in [0.5, 0.6) is 11.5 Å². The van der Waals surface area contributed by atoms with E-state index in [4.69, 9.17) is 22.1 Å². The third-order valence-corrected chi connectivity index (χ3v) is 3.95. The van der Waals surface area contributed by atoms with Gasteiger partial charge in [-0.2, -0.15) is 0 Å². The Morgan fingerprint density at radius 1 is 1.29 bits per heavy atom. The minimum absolute atomic E-state index is 0.0589. The first-order valence-corrected chi connectivity index (χ1v) is 7.83. The molecule has 0 saturated carbocycles. The Morgan fingerprint density at radius 3 is 2.71 bits per heavy atom. The third-order valence-electron chi connectivity index (χ3n) is 3.15. The van der Waals surface area contributed by atoms with Gasteiger partial charge in [-0.15, -0.1) is 0 Å². The summed E-state index contributed by atoms with van der Waals surface area (Å²) >= 11 is 9.11. The summed E-state index contributed by atoms with van der Waals surface area (Å²) < 4.78 is 20.2. The number of hydrogen-bond donors (Lipinski definition) is 1. The Hall–Kier alpha value is -1.10. The van der Waals surface area contributed by atoms with E-state index in [0.717, 1.165) is 16.5 Å². The predicted molar refractivity (Wildman–Crippen MR) is 87.6 cm³/mol. The molecule has 0 fully saturated rings. The maximum atomic E-state index is 13.5. The molecular formula is C16H16BrClFNO. The van der Waals surface area contributed by atoms with Crippen molar-refractivity contribution >= 4 is 27.5 Å². The molecule has 0 aromatic heterocycles. The Morgan fingerprint density at radius 2 is 2.05 bits per heavy atom. The SMILES string of the molecule is CCC(N)Cc1cc(Br)ccc1Oc1ccc(Cl)c(F)c1. The van der Waals surface area contributed by atoms with Crippen molar-refractivity contribution in [1.29, 1.82) is 0 Å². The van der Waals surface area contributed by atoms with Crippen molar-refractivity contribution < 1.29 is 9.13 Å². The average Bonchev–Trinajstić information content (AvgIpc) is 2.45. The van der Waals surface area contributed by atoms with Crippen LogP contribution in [0.25, 0.3) is 0 Å². The van der Waals surface area contributed by atoms with Gasteiger partial charge in [0.05, 0.1) is 5.02 Å². The summed E-state index contributed by atoms with van der Waals surface area (Å²) in [6, 6.07) is 10.1. The molecule has 0 spiro atoms. The first kappa shape index (κ1) is 16.3. The van der Waals surface area contributed by atoms with Crippen molar-refractivity contribution in [2.45, 2.75) is 25.8 Å². The standard InChI is InChI=1S/C16H16BrClFNO/c1-2-12(20)8-10-7-11(17)3-6-16(10)21-13-4-5-14(18)15(19)9-13/h3-7,9,12H,2,8,20H2,1H3. The largest absolute Gasteiger partial charge is 0.457 e. The Kier molecular flexibility index (Phi) is 5.62. The number of rotatable bonds is 5. The van der Waals surface area contributed by atoms with Gasteiger partial charge in [0.15, 0.2) is 0 Å². The molecule has 21 heavy (non-hydrogen) atoms. The van der Waals surface area contributed by atoms with E-state index in [9.17, 15) is 4.39 Å². The molecule has 0 aliphatic heterocycles. The minimum Gasteiger partial charge on any atom is -0.457 e. The molecule has 2 nitrogen and oxygen atoms in total. The highest BCUT2D eigenvalue weighted by Gasteiger charge is 2.11. The van der Waals surface area contributed by atoms with Crippen molar-refractivity contribution in [1.82, 2.24) is 0 Å². The van der Waals surface area contributed by atoms with Crippen LogP contribution in [0.2, 0.25) is 5.02 Å². The van der Waals surface area contributed by atoms with E-state index in [2.05, 4.69) is 15.9 Å². The van der Waals surface area contributed by atoms with Gasteiger partial charge in [0.2, 0.25) is 0 Å². The smallest absolute Gasteiger partial charge is 0.145 e. The highest BCUT2D eigenvalue weighted by atomic mass is 79.9. The van der Waals surface area contributed by atoms with Crippen LogP contribution in [0.15, 0.2) is 40.9 Å². The van der Waals surface area contributed by atoms with Crippen molar-refractivity contribution in [2.24, 2.45) is 5.73 Å². The van der Waals surface area contributed by atoms with E-state index >= 15 is 0 Å². The molecule has 0 amide bonds. The summed E-state index contributed by atoms with van der Waals surface area (Å²) in [7, 11) is 0. The van der Waals surface area contributed by atoms with E-state index in [1.54, 1.807) is 6.07 Å². The molecule has 0 aliphatic rings. The number of benzene rings is 2. The van der Waals surface area contributed by atoms with Gasteiger partial charge in [-0.1, -0.05) is 34.5 Å². The normalized spacial score (nSPS) is 12.2. The highest BCUT2D eigenvalue weighted by molar-refractivity contribution is 9.10. The van der Waals surface area contributed by atoms with Crippen molar-refractivity contribution in [3.63, 3.8) is 0 Å². The zero-order valence-electron chi connectivity index (χ0n) is 11.6. The van der Waals surface area contributed by atoms with E-state index in [1.165, 1.54) is 12.1 Å². The fraction of sp³-hybridized carbons (Fsp3) is 0.250. The molecule has 2 rings (SSSR count). The summed E-state index contributed by atoms with van der Waals surface area (Å²) in [6.45, 7) is 2.04. The Bertz CT molecular complexity index is 636. The average molecular weight is 373 g/mol. The fourth-order valence-corrected chi connectivity index (χ4v) is 2.43. The van der Waals surface area contributed by atoms with Gasteiger partial charge in [-0.3, -0.25) is 0 Å². The number of ether oxygens (including phenoxy) is 1. The molecule has 1 unspecified atom stereocenters. The summed E-state index contributed by atoms with van der Waals surface area (Å²) in [5.41, 5.74) is 6.99. The predicted octanol–water partition coefficient (Wildman–Crippen LogP) is 5.31. The summed E-state index contributed by atoms with van der Waals surface area (Å²) in [6.07, 6.45) is 1.57. The van der Waals surface area contributed by atoms with E-state index < -0.39 is 5.82 Å². The van der Waals surface area contributed by atoms with Crippen LogP contribution in [-0.2, 0) is 6.42 Å². The fourth-order valence-electron chi connectivity index (χ4n) is 1.90. The molecule has 2 N–H and O–H groups in total. The van der Waals surface area contributed by atoms with Crippen LogP contribution in [0.1, 0.15) is 18.9 Å². The molecule has 0 saturated heterocycles. The minimum atomic E-state index is -0.502. The zero-order valence-corrected chi connectivity index (χ0v) is 13.9. The van der Waals surface area contributed by atoms with E-state index in [1.807, 2.05) is 25.1 Å². The van der Waals surface area contributed by atoms with Gasteiger partial charge >= 0.3 is 0 Å². The maximum Gasteiger partial charge on any atom is 0.145 e. The second-order valence-electron chi connectivity index (χ2n) is 4.80. The molecule has 0 heterocycles. The van der Waals surface area contributed by atoms with Crippen LogP contribution >= 0.6 is 27.5 Å². The monoisotopic (exact) mass is 371 g/mol. The number of nitrogens with two attached hydrogens (primary N) is 1. The van der Waals surface area contributed by atoms with Gasteiger partial charge in [-0.05, 0) is 48.7 Å². The lowest BCUT2D eigenvalue weighted by molar-refractivity contribution is 0.467. The van der Waals surface area contributed by atoms with Crippen molar-refractivity contribution in [2.75, 3.05) is 0 Å². The Balaban J connectivity index is 2.28. The third kappa shape index (κ3) is 4.43. The highest BCUT2D eigenvalue weighted by Crippen LogP contribution is 2.30. The number of hydrogen-bond acceptors (Lipinski definition) is 2. The molecule has 2 aromatic rings. The van der Waals surface area contributed by atoms with Gasteiger partial charge < -0.3 is 10.5 Å². The Labute approximate surface area is 137 Å². The molecule has 0 aliphatic carbocycles. The topological polar surface area (TPSA) is 35.2 Å². The second kappa shape index (κ2) is 7.25. The van der Waals surface area contributed by atoms with Crippen LogP contribution in [0, 0.1) is 5.82 Å². The first-order chi connectivity index (χ1) is 9.99. The second-order valence-corrected chi connectivity index (χ2v) is 6.13. The number of halogens is 3. The lowest BCUT2D eigenvalue weighted by Crippen LogP contribution is -2.21. The summed E-state index contributed by atoms with van der Waals surface area (Å²) in [4.78, 5) is 0. The summed E-state index contributed by atoms with van der Waals surface area (Å²) in [5.74, 6) is 0.576. The maximum absolute atomic E-state index is 13.5. The van der Waals surface area contributed by atoms with Gasteiger partial charge in [-0.25, -0.2) is 4.39 Å². The molecule has 112 valence electrons. The summed E-state index contributed by atoms with van der Waals surface area (Å²) in [5, 5.41) is 0.0754. The van der Waals surface area contributed by atoms with Crippen LogP contribution in [-0.4, -0.2) is 6.04 Å². The zero-order chi connectivity index (χ0) is 15.4. The van der Waals surface area contributed by atoms with Crippen molar-refractivity contribution in [3.05, 3.63) is 57.3 Å². The molecule has 1 atom stereocenters. The van der Waals surface area contributed by atoms with E-state index in [-0.39, 0.29) is 11.1 Å². The van der Waals surface area contributed by atoms with Gasteiger partial charge in [0.1, 0.15) is 17.3 Å². The molecule has 0 radical (unpaired) electrons. The quantitative estimate of drug-likeness (QED) is 0.771. The lowest BCUT2D eigenvalue weighted by atomic mass is 10.0. The first-order valence-electron chi connectivity index (χ1n) is 6.66.